The number of esters is 1. The van der Waals surface area contributed by atoms with Gasteiger partial charge in [-0.25, -0.2) is 0 Å². The molecule has 3 N–H and O–H groups in total. The molecule has 0 radical (unpaired) electrons. The van der Waals surface area contributed by atoms with Gasteiger partial charge < -0.3 is 15.5 Å². The van der Waals surface area contributed by atoms with Gasteiger partial charge in [0.2, 0.25) is 0 Å². The number of aromatic amines is 1. The normalized spacial score (nSPS) is 14.5. The molecule has 1 aromatic heterocycles. The summed E-state index contributed by atoms with van der Waals surface area (Å²) in [7, 11) is 1.35. The average Bonchev–Trinajstić information content (AvgIpc) is 2.71. The molecule has 17 heavy (non-hydrogen) atoms. The van der Waals surface area contributed by atoms with Gasteiger partial charge in [-0.1, -0.05) is 18.2 Å². The predicted octanol–water partition coefficient (Wildman–Crippen LogP) is 1.60. The molecule has 0 saturated heterocycles. The van der Waals surface area contributed by atoms with Gasteiger partial charge >= 0.3 is 5.97 Å². The summed E-state index contributed by atoms with van der Waals surface area (Å²) >= 11 is 0. The minimum absolute atomic E-state index is 0.400. The maximum atomic E-state index is 11.5. The molecule has 0 spiro atoms. The lowest BCUT2D eigenvalue weighted by Crippen LogP contribution is -2.47. The molecular weight excluding hydrogens is 216 g/mol. The summed E-state index contributed by atoms with van der Waals surface area (Å²) < 4.78 is 4.70. The number of nitrogens with one attached hydrogen (secondary N) is 1. The van der Waals surface area contributed by atoms with Gasteiger partial charge in [-0.05, 0) is 18.6 Å². The lowest BCUT2D eigenvalue weighted by molar-refractivity contribution is -0.146. The first-order chi connectivity index (χ1) is 8.04. The van der Waals surface area contributed by atoms with Gasteiger partial charge in [0.05, 0.1) is 7.11 Å². The molecule has 1 aromatic carbocycles. The first-order valence-electron chi connectivity index (χ1n) is 5.47. The number of aromatic nitrogens is 1. The highest BCUT2D eigenvalue weighted by molar-refractivity contribution is 5.85. The largest absolute Gasteiger partial charge is 0.468 e. The van der Waals surface area contributed by atoms with Gasteiger partial charge in [-0.15, -0.1) is 0 Å². The molecule has 0 amide bonds. The van der Waals surface area contributed by atoms with Crippen LogP contribution in [-0.4, -0.2) is 23.6 Å². The maximum absolute atomic E-state index is 11.5. The number of methoxy groups -OCH3 is 1. The topological polar surface area (TPSA) is 68.1 Å². The average molecular weight is 232 g/mol. The van der Waals surface area contributed by atoms with Crippen molar-refractivity contribution in [3.8, 4) is 0 Å². The highest BCUT2D eigenvalue weighted by atomic mass is 16.5. The van der Waals surface area contributed by atoms with Crippen LogP contribution < -0.4 is 5.73 Å². The summed E-state index contributed by atoms with van der Waals surface area (Å²) in [5.41, 5.74) is 7.03. The van der Waals surface area contributed by atoms with Crippen LogP contribution in [0.5, 0.6) is 0 Å². The van der Waals surface area contributed by atoms with Crippen LogP contribution in [0.15, 0.2) is 30.5 Å². The van der Waals surface area contributed by atoms with E-state index in [9.17, 15) is 4.79 Å². The second-order valence-electron chi connectivity index (χ2n) is 4.45. The molecule has 90 valence electrons. The van der Waals surface area contributed by atoms with E-state index in [0.717, 1.165) is 16.5 Å². The lowest BCUT2D eigenvalue weighted by Gasteiger charge is -2.20. The Balaban J connectivity index is 2.33. The number of ether oxygens (including phenoxy) is 1. The highest BCUT2D eigenvalue weighted by Gasteiger charge is 2.30. The Morgan fingerprint density at radius 3 is 2.88 bits per heavy atom. The summed E-state index contributed by atoms with van der Waals surface area (Å²) in [6, 6.07) is 7.93. The van der Waals surface area contributed by atoms with Gasteiger partial charge in [-0.2, -0.15) is 0 Å². The first kappa shape index (κ1) is 11.7. The van der Waals surface area contributed by atoms with Crippen LogP contribution in [0.25, 0.3) is 10.9 Å². The van der Waals surface area contributed by atoms with Crippen molar-refractivity contribution in [2.24, 2.45) is 5.73 Å². The molecular formula is C13H16N2O2. The standard InChI is InChI=1S/C13H16N2O2/c1-13(14,12(16)17-2)7-9-8-15-11-6-4-3-5-10(9)11/h3-6,8,15H,7,14H2,1-2H3/t13-/m1/s1. The zero-order valence-corrected chi connectivity index (χ0v) is 9.99. The second kappa shape index (κ2) is 4.22. The van der Waals surface area contributed by atoms with Crippen molar-refractivity contribution in [2.45, 2.75) is 18.9 Å². The molecule has 0 aliphatic carbocycles. The number of nitrogens with two attached hydrogens (primary N) is 1. The van der Waals surface area contributed by atoms with E-state index in [1.165, 1.54) is 7.11 Å². The van der Waals surface area contributed by atoms with Crippen LogP contribution in [-0.2, 0) is 16.0 Å². The SMILES string of the molecule is COC(=O)[C@](C)(N)Cc1c[nH]c2ccccc12. The Labute approximate surface area is 99.8 Å². The second-order valence-corrected chi connectivity index (χ2v) is 4.45. The van der Waals surface area contributed by atoms with E-state index >= 15 is 0 Å². The van der Waals surface area contributed by atoms with E-state index in [1.807, 2.05) is 30.5 Å². The van der Waals surface area contributed by atoms with Crippen molar-refractivity contribution in [1.82, 2.24) is 4.98 Å². The summed E-state index contributed by atoms with van der Waals surface area (Å²) in [5.74, 6) is -0.400. The molecule has 0 aliphatic rings. The maximum Gasteiger partial charge on any atom is 0.325 e. The smallest absolute Gasteiger partial charge is 0.325 e. The lowest BCUT2D eigenvalue weighted by atomic mass is 9.94. The Kier molecular flexibility index (Phi) is 2.90. The molecule has 0 fully saturated rings. The van der Waals surface area contributed by atoms with E-state index in [1.54, 1.807) is 6.92 Å². The van der Waals surface area contributed by atoms with Crippen molar-refractivity contribution >= 4 is 16.9 Å². The van der Waals surface area contributed by atoms with Crippen LogP contribution in [0, 0.1) is 0 Å². The minimum Gasteiger partial charge on any atom is -0.468 e. The number of rotatable bonds is 3. The molecule has 0 bridgehead atoms. The molecule has 0 unspecified atom stereocenters. The Bertz CT molecular complexity index is 543. The van der Waals surface area contributed by atoms with Crippen LogP contribution in [0.3, 0.4) is 0 Å². The van der Waals surface area contributed by atoms with Crippen LogP contribution in [0.2, 0.25) is 0 Å². The quantitative estimate of drug-likeness (QED) is 0.790. The van der Waals surface area contributed by atoms with Crippen molar-refractivity contribution in [3.05, 3.63) is 36.0 Å². The van der Waals surface area contributed by atoms with E-state index in [4.69, 9.17) is 10.5 Å². The van der Waals surface area contributed by atoms with Gasteiger partial charge in [0.1, 0.15) is 5.54 Å². The number of carbonyl (C=O) groups is 1. The van der Waals surface area contributed by atoms with Crippen molar-refractivity contribution < 1.29 is 9.53 Å². The van der Waals surface area contributed by atoms with Crippen LogP contribution in [0.4, 0.5) is 0 Å². The number of benzene rings is 1. The summed E-state index contributed by atoms with van der Waals surface area (Å²) in [6.07, 6.45) is 2.34. The van der Waals surface area contributed by atoms with E-state index in [2.05, 4.69) is 4.98 Å². The Morgan fingerprint density at radius 1 is 1.47 bits per heavy atom. The zero-order chi connectivity index (χ0) is 12.5. The van der Waals surface area contributed by atoms with Gasteiger partial charge in [0, 0.05) is 23.5 Å². The fraction of sp³-hybridized carbons (Fsp3) is 0.308. The van der Waals surface area contributed by atoms with E-state index in [-0.39, 0.29) is 0 Å². The Morgan fingerprint density at radius 2 is 2.18 bits per heavy atom. The summed E-state index contributed by atoms with van der Waals surface area (Å²) in [5, 5.41) is 1.09. The Hall–Kier alpha value is -1.81. The summed E-state index contributed by atoms with van der Waals surface area (Å²) in [6.45, 7) is 1.68. The van der Waals surface area contributed by atoms with Gasteiger partial charge in [-0.3, -0.25) is 4.79 Å². The number of para-hydroxylation sites is 1. The van der Waals surface area contributed by atoms with Crippen molar-refractivity contribution in [3.63, 3.8) is 0 Å². The number of carbonyl (C=O) groups excluding carboxylic acids is 1. The first-order valence-corrected chi connectivity index (χ1v) is 5.47. The van der Waals surface area contributed by atoms with E-state index < -0.39 is 11.5 Å². The third kappa shape index (κ3) is 2.17. The van der Waals surface area contributed by atoms with Crippen LogP contribution in [0.1, 0.15) is 12.5 Å². The number of hydrogen-bond donors (Lipinski definition) is 2. The molecule has 2 rings (SSSR count). The molecule has 4 nitrogen and oxygen atoms in total. The third-order valence-electron chi connectivity index (χ3n) is 2.88. The number of H-pyrrole nitrogens is 1. The number of hydrogen-bond acceptors (Lipinski definition) is 3. The number of fused-ring (bicyclic) bond motifs is 1. The molecule has 0 aliphatic heterocycles. The fourth-order valence-corrected chi connectivity index (χ4v) is 1.98. The fourth-order valence-electron chi connectivity index (χ4n) is 1.98. The highest BCUT2D eigenvalue weighted by Crippen LogP contribution is 2.21. The van der Waals surface area contributed by atoms with Crippen LogP contribution >= 0.6 is 0 Å². The predicted molar refractivity (Wildman–Crippen MR) is 66.6 cm³/mol. The van der Waals surface area contributed by atoms with Crippen molar-refractivity contribution in [1.29, 1.82) is 0 Å². The van der Waals surface area contributed by atoms with Crippen molar-refractivity contribution in [2.75, 3.05) is 7.11 Å². The minimum atomic E-state index is -1.00. The molecule has 1 heterocycles. The molecule has 1 atom stereocenters. The summed E-state index contributed by atoms with van der Waals surface area (Å²) in [4.78, 5) is 14.7. The third-order valence-corrected chi connectivity index (χ3v) is 2.88. The molecule has 4 heteroatoms. The molecule has 2 aromatic rings. The molecule has 0 saturated carbocycles. The van der Waals surface area contributed by atoms with Gasteiger partial charge in [0.15, 0.2) is 0 Å². The van der Waals surface area contributed by atoms with Gasteiger partial charge in [0.25, 0.3) is 0 Å². The monoisotopic (exact) mass is 232 g/mol. The van der Waals surface area contributed by atoms with E-state index in [0.29, 0.717) is 6.42 Å². The zero-order valence-electron chi connectivity index (χ0n) is 9.99.